The number of piperazine rings is 1. The van der Waals surface area contributed by atoms with Crippen LogP contribution in [0.2, 0.25) is 0 Å². The fourth-order valence-corrected chi connectivity index (χ4v) is 4.46. The maximum absolute atomic E-state index is 12.0. The number of nitrogens with zero attached hydrogens (tertiary/aromatic N) is 3. The molecule has 1 saturated heterocycles. The molecular formula is C28H28N4O3. The SMILES string of the molecule is COC(=O)c1ccc2c(C(=Nc3ccc(N4CCN(C)CC4)cc3)c3ccccc3)c(O)[nH]c2c1. The number of benzene rings is 3. The van der Waals surface area contributed by atoms with Crippen molar-refractivity contribution in [3.63, 3.8) is 0 Å². The van der Waals surface area contributed by atoms with Gasteiger partial charge in [0.25, 0.3) is 0 Å². The lowest BCUT2D eigenvalue weighted by Gasteiger charge is -2.34. The van der Waals surface area contributed by atoms with Gasteiger partial charge in [-0.1, -0.05) is 36.4 Å². The topological polar surface area (TPSA) is 81.2 Å². The van der Waals surface area contributed by atoms with Gasteiger partial charge in [0.15, 0.2) is 5.88 Å². The fraction of sp³-hybridized carbons (Fsp3) is 0.214. The van der Waals surface area contributed by atoms with Crippen LogP contribution in [-0.2, 0) is 4.74 Å². The third-order valence-electron chi connectivity index (χ3n) is 6.44. The van der Waals surface area contributed by atoms with Crippen LogP contribution in [0.5, 0.6) is 5.88 Å². The highest BCUT2D eigenvalue weighted by Crippen LogP contribution is 2.32. The Bertz CT molecular complexity index is 1370. The zero-order chi connectivity index (χ0) is 24.4. The lowest BCUT2D eigenvalue weighted by molar-refractivity contribution is 0.0601. The third kappa shape index (κ3) is 4.63. The summed E-state index contributed by atoms with van der Waals surface area (Å²) in [5.74, 6) is -0.432. The van der Waals surface area contributed by atoms with E-state index in [1.165, 1.54) is 12.8 Å². The number of aliphatic imine (C=N–C) groups is 1. The highest BCUT2D eigenvalue weighted by molar-refractivity contribution is 6.22. The number of ether oxygens (including phenoxy) is 1. The number of esters is 1. The smallest absolute Gasteiger partial charge is 0.337 e. The molecule has 7 heteroatoms. The van der Waals surface area contributed by atoms with Crippen molar-refractivity contribution in [2.45, 2.75) is 0 Å². The first kappa shape index (κ1) is 22.7. The molecule has 1 fully saturated rings. The number of H-pyrrole nitrogens is 1. The van der Waals surface area contributed by atoms with E-state index in [0.29, 0.717) is 22.4 Å². The van der Waals surface area contributed by atoms with Crippen LogP contribution in [0.4, 0.5) is 11.4 Å². The van der Waals surface area contributed by atoms with Crippen LogP contribution in [0.25, 0.3) is 10.9 Å². The second-order valence-electron chi connectivity index (χ2n) is 8.73. The fourth-order valence-electron chi connectivity index (χ4n) is 4.46. The Morgan fingerprint density at radius 1 is 0.943 bits per heavy atom. The minimum atomic E-state index is -0.431. The molecule has 1 aromatic heterocycles. The van der Waals surface area contributed by atoms with Crippen molar-refractivity contribution < 1.29 is 14.6 Å². The molecule has 7 nitrogen and oxygen atoms in total. The molecule has 4 aromatic rings. The Hall–Kier alpha value is -4.10. The summed E-state index contributed by atoms with van der Waals surface area (Å²) in [7, 11) is 3.50. The first-order chi connectivity index (χ1) is 17.0. The number of hydrogen-bond donors (Lipinski definition) is 2. The molecule has 0 unspecified atom stereocenters. The van der Waals surface area contributed by atoms with Crippen LogP contribution in [-0.4, -0.2) is 67.0 Å². The third-order valence-corrected chi connectivity index (χ3v) is 6.44. The minimum absolute atomic E-state index is 0.00123. The lowest BCUT2D eigenvalue weighted by Crippen LogP contribution is -2.44. The van der Waals surface area contributed by atoms with Gasteiger partial charge in [0.05, 0.1) is 29.6 Å². The van der Waals surface area contributed by atoms with Crippen molar-refractivity contribution in [1.29, 1.82) is 0 Å². The molecular weight excluding hydrogens is 440 g/mol. The molecule has 0 radical (unpaired) electrons. The second kappa shape index (κ2) is 9.64. The molecule has 0 spiro atoms. The summed E-state index contributed by atoms with van der Waals surface area (Å²) in [5, 5.41) is 11.7. The van der Waals surface area contributed by atoms with Gasteiger partial charge in [-0.25, -0.2) is 9.79 Å². The summed E-state index contributed by atoms with van der Waals surface area (Å²) in [6.45, 7) is 4.11. The van der Waals surface area contributed by atoms with Gasteiger partial charge in [0, 0.05) is 48.3 Å². The number of nitrogens with one attached hydrogen (secondary N) is 1. The van der Waals surface area contributed by atoms with Crippen molar-refractivity contribution in [1.82, 2.24) is 9.88 Å². The highest BCUT2D eigenvalue weighted by Gasteiger charge is 2.20. The van der Waals surface area contributed by atoms with Crippen LogP contribution in [0.3, 0.4) is 0 Å². The number of carbonyl (C=O) groups is 1. The highest BCUT2D eigenvalue weighted by atomic mass is 16.5. The van der Waals surface area contributed by atoms with Crippen LogP contribution in [0.1, 0.15) is 21.5 Å². The van der Waals surface area contributed by atoms with Gasteiger partial charge in [-0.3, -0.25) is 0 Å². The molecule has 178 valence electrons. The van der Waals surface area contributed by atoms with Crippen LogP contribution in [0.15, 0.2) is 77.8 Å². The predicted octanol–water partition coefficient (Wildman–Crippen LogP) is 4.58. The molecule has 0 amide bonds. The molecule has 3 aromatic carbocycles. The van der Waals surface area contributed by atoms with Crippen molar-refractivity contribution in [3.05, 3.63) is 89.5 Å². The number of anilines is 1. The molecule has 1 aliphatic rings. The summed E-state index contributed by atoms with van der Waals surface area (Å²) >= 11 is 0. The van der Waals surface area contributed by atoms with E-state index in [2.05, 4.69) is 34.0 Å². The van der Waals surface area contributed by atoms with Gasteiger partial charge in [0.2, 0.25) is 0 Å². The van der Waals surface area contributed by atoms with E-state index in [-0.39, 0.29) is 5.88 Å². The second-order valence-corrected chi connectivity index (χ2v) is 8.73. The van der Waals surface area contributed by atoms with E-state index in [4.69, 9.17) is 9.73 Å². The van der Waals surface area contributed by atoms with E-state index < -0.39 is 5.97 Å². The average molecular weight is 469 g/mol. The van der Waals surface area contributed by atoms with Gasteiger partial charge in [0.1, 0.15) is 0 Å². The van der Waals surface area contributed by atoms with E-state index in [0.717, 1.165) is 42.8 Å². The summed E-state index contributed by atoms with van der Waals surface area (Å²) < 4.78 is 4.83. The number of carbonyl (C=O) groups excluding carboxylic acids is 1. The van der Waals surface area contributed by atoms with Crippen LogP contribution >= 0.6 is 0 Å². The van der Waals surface area contributed by atoms with Gasteiger partial charge in [-0.05, 0) is 43.4 Å². The Labute approximate surface area is 204 Å². The average Bonchev–Trinajstić information content (AvgIpc) is 3.22. The first-order valence-corrected chi connectivity index (χ1v) is 11.6. The van der Waals surface area contributed by atoms with E-state index in [1.807, 2.05) is 48.5 Å². The Morgan fingerprint density at radius 3 is 2.34 bits per heavy atom. The summed E-state index contributed by atoms with van der Waals surface area (Å²) in [6.07, 6.45) is 0. The zero-order valence-corrected chi connectivity index (χ0v) is 19.9. The number of hydrogen-bond acceptors (Lipinski definition) is 6. The van der Waals surface area contributed by atoms with Crippen molar-refractivity contribution >= 4 is 34.0 Å². The minimum Gasteiger partial charge on any atom is -0.494 e. The quantitative estimate of drug-likeness (QED) is 0.331. The summed E-state index contributed by atoms with van der Waals surface area (Å²) in [4.78, 5) is 24.7. The summed E-state index contributed by atoms with van der Waals surface area (Å²) in [5.41, 5.74) is 5.13. The van der Waals surface area contributed by atoms with Gasteiger partial charge in [-0.15, -0.1) is 0 Å². The number of likely N-dealkylation sites (N-methyl/N-ethyl adjacent to an activating group) is 1. The predicted molar refractivity (Wildman–Crippen MR) is 139 cm³/mol. The van der Waals surface area contributed by atoms with Gasteiger partial charge >= 0.3 is 5.97 Å². The maximum atomic E-state index is 12.0. The Morgan fingerprint density at radius 2 is 1.66 bits per heavy atom. The molecule has 0 aliphatic carbocycles. The molecule has 0 bridgehead atoms. The van der Waals surface area contributed by atoms with E-state index >= 15 is 0 Å². The monoisotopic (exact) mass is 468 g/mol. The molecule has 35 heavy (non-hydrogen) atoms. The van der Waals surface area contributed by atoms with Crippen LogP contribution < -0.4 is 4.90 Å². The number of aromatic amines is 1. The molecule has 1 aliphatic heterocycles. The number of aromatic nitrogens is 1. The standard InChI is InChI=1S/C28H28N4O3/c1-31-14-16-32(17-15-31)22-11-9-21(10-12-22)29-26(19-6-4-3-5-7-19)25-23-13-8-20(28(34)35-2)18-24(23)30-27(25)33/h3-13,18,30,33H,14-17H2,1-2H3. The largest absolute Gasteiger partial charge is 0.494 e. The Balaban J connectivity index is 1.56. The number of fused-ring (bicyclic) bond motifs is 1. The molecule has 2 N–H and O–H groups in total. The van der Waals surface area contributed by atoms with Gasteiger partial charge in [-0.2, -0.15) is 0 Å². The first-order valence-electron chi connectivity index (χ1n) is 11.6. The van der Waals surface area contributed by atoms with Crippen LogP contribution in [0, 0.1) is 0 Å². The van der Waals surface area contributed by atoms with E-state index in [1.54, 1.807) is 12.1 Å². The van der Waals surface area contributed by atoms with Crippen molar-refractivity contribution in [3.8, 4) is 5.88 Å². The number of rotatable bonds is 5. The molecule has 5 rings (SSSR count). The molecule has 2 heterocycles. The van der Waals surface area contributed by atoms with E-state index in [9.17, 15) is 9.90 Å². The molecule has 0 saturated carbocycles. The maximum Gasteiger partial charge on any atom is 0.337 e. The van der Waals surface area contributed by atoms with Gasteiger partial charge < -0.3 is 24.6 Å². The van der Waals surface area contributed by atoms with Crippen molar-refractivity contribution in [2.24, 2.45) is 4.99 Å². The Kier molecular flexibility index (Phi) is 6.25. The zero-order valence-electron chi connectivity index (χ0n) is 19.9. The normalized spacial score (nSPS) is 14.9. The lowest BCUT2D eigenvalue weighted by atomic mass is 10.00. The number of methoxy groups -OCH3 is 1. The number of aromatic hydroxyl groups is 1. The summed E-state index contributed by atoms with van der Waals surface area (Å²) in [6, 6.07) is 23.2. The van der Waals surface area contributed by atoms with Crippen molar-refractivity contribution in [2.75, 3.05) is 45.2 Å². The molecule has 0 atom stereocenters.